The van der Waals surface area contributed by atoms with Crippen LogP contribution in [-0.4, -0.2) is 27.8 Å². The number of aryl methyl sites for hydroxylation is 1. The van der Waals surface area contributed by atoms with Crippen LogP contribution < -0.4 is 0 Å². The third-order valence-electron chi connectivity index (χ3n) is 1.76. The standard InChI is InChI=1S/C11H16N2O2S/c1-7-8(6-12-10(13-7)16-5)9(14)15-11(2,3)4/h6H,1-5H3. The summed E-state index contributed by atoms with van der Waals surface area (Å²) in [5.74, 6) is -0.377. The van der Waals surface area contributed by atoms with Gasteiger partial charge in [-0.05, 0) is 34.0 Å². The van der Waals surface area contributed by atoms with Gasteiger partial charge in [-0.15, -0.1) is 0 Å². The van der Waals surface area contributed by atoms with E-state index in [0.29, 0.717) is 16.4 Å². The highest BCUT2D eigenvalue weighted by molar-refractivity contribution is 7.98. The first-order valence-electron chi connectivity index (χ1n) is 4.94. The molecule has 0 atom stereocenters. The summed E-state index contributed by atoms with van der Waals surface area (Å²) in [5, 5.41) is 0.657. The Morgan fingerprint density at radius 3 is 2.50 bits per heavy atom. The number of thioether (sulfide) groups is 1. The number of nitrogens with zero attached hydrogens (tertiary/aromatic N) is 2. The Bertz CT molecular complexity index is 399. The van der Waals surface area contributed by atoms with Crippen LogP contribution in [0.15, 0.2) is 11.4 Å². The Balaban J connectivity index is 2.93. The molecule has 0 radical (unpaired) electrons. The van der Waals surface area contributed by atoms with Gasteiger partial charge in [-0.25, -0.2) is 14.8 Å². The zero-order chi connectivity index (χ0) is 12.3. The van der Waals surface area contributed by atoms with E-state index in [4.69, 9.17) is 4.74 Å². The number of carbonyl (C=O) groups excluding carboxylic acids is 1. The van der Waals surface area contributed by atoms with Gasteiger partial charge in [-0.2, -0.15) is 0 Å². The van der Waals surface area contributed by atoms with Crippen LogP contribution in [0.1, 0.15) is 36.8 Å². The van der Waals surface area contributed by atoms with E-state index in [1.165, 1.54) is 18.0 Å². The normalized spacial score (nSPS) is 11.3. The zero-order valence-corrected chi connectivity index (χ0v) is 11.0. The summed E-state index contributed by atoms with van der Waals surface area (Å²) in [6.45, 7) is 7.27. The molecule has 0 amide bonds. The number of carbonyl (C=O) groups is 1. The largest absolute Gasteiger partial charge is 0.456 e. The van der Waals surface area contributed by atoms with Crippen LogP contribution in [0, 0.1) is 6.92 Å². The van der Waals surface area contributed by atoms with Crippen molar-refractivity contribution in [3.63, 3.8) is 0 Å². The predicted octanol–water partition coefficient (Wildman–Crippen LogP) is 2.46. The third kappa shape index (κ3) is 3.48. The number of ether oxygens (including phenoxy) is 1. The van der Waals surface area contributed by atoms with Crippen LogP contribution in [-0.2, 0) is 4.74 Å². The summed E-state index contributed by atoms with van der Waals surface area (Å²) >= 11 is 1.44. The molecule has 0 saturated carbocycles. The molecule has 0 fully saturated rings. The second-order valence-corrected chi connectivity index (χ2v) is 5.13. The molecule has 1 heterocycles. The molecular formula is C11H16N2O2S. The van der Waals surface area contributed by atoms with Gasteiger partial charge in [-0.3, -0.25) is 0 Å². The molecule has 0 aliphatic rings. The van der Waals surface area contributed by atoms with Crippen molar-refractivity contribution in [2.45, 2.75) is 38.5 Å². The van der Waals surface area contributed by atoms with Crippen molar-refractivity contribution in [1.82, 2.24) is 9.97 Å². The van der Waals surface area contributed by atoms with Gasteiger partial charge in [0.05, 0.1) is 11.3 Å². The number of rotatable bonds is 2. The van der Waals surface area contributed by atoms with Crippen LogP contribution in [0.2, 0.25) is 0 Å². The molecule has 16 heavy (non-hydrogen) atoms. The number of aromatic nitrogens is 2. The molecule has 0 aliphatic carbocycles. The van der Waals surface area contributed by atoms with E-state index in [-0.39, 0.29) is 5.97 Å². The van der Waals surface area contributed by atoms with Crippen molar-refractivity contribution in [1.29, 1.82) is 0 Å². The highest BCUT2D eigenvalue weighted by Crippen LogP contribution is 2.15. The molecule has 0 bridgehead atoms. The maximum absolute atomic E-state index is 11.8. The van der Waals surface area contributed by atoms with Crippen LogP contribution in [0.5, 0.6) is 0 Å². The fourth-order valence-corrected chi connectivity index (χ4v) is 1.46. The van der Waals surface area contributed by atoms with Gasteiger partial charge in [0.25, 0.3) is 0 Å². The Labute approximate surface area is 99.8 Å². The first kappa shape index (κ1) is 13.0. The Morgan fingerprint density at radius 2 is 2.06 bits per heavy atom. The number of hydrogen-bond donors (Lipinski definition) is 0. The van der Waals surface area contributed by atoms with Crippen molar-refractivity contribution in [2.75, 3.05) is 6.26 Å². The molecule has 0 aromatic carbocycles. The Kier molecular flexibility index (Phi) is 3.91. The average Bonchev–Trinajstić information content (AvgIpc) is 2.14. The van der Waals surface area contributed by atoms with Gasteiger partial charge in [0, 0.05) is 6.20 Å². The monoisotopic (exact) mass is 240 g/mol. The van der Waals surface area contributed by atoms with Gasteiger partial charge in [0.2, 0.25) is 0 Å². The highest BCUT2D eigenvalue weighted by atomic mass is 32.2. The topological polar surface area (TPSA) is 52.1 Å². The van der Waals surface area contributed by atoms with E-state index in [9.17, 15) is 4.79 Å². The van der Waals surface area contributed by atoms with E-state index in [0.717, 1.165) is 0 Å². The van der Waals surface area contributed by atoms with Crippen LogP contribution in [0.3, 0.4) is 0 Å². The lowest BCUT2D eigenvalue weighted by Crippen LogP contribution is -2.24. The Hall–Kier alpha value is -1.10. The van der Waals surface area contributed by atoms with Gasteiger partial charge >= 0.3 is 5.97 Å². The van der Waals surface area contributed by atoms with Crippen molar-refractivity contribution in [3.8, 4) is 0 Å². The molecule has 5 heteroatoms. The van der Waals surface area contributed by atoms with Crippen molar-refractivity contribution < 1.29 is 9.53 Å². The average molecular weight is 240 g/mol. The molecule has 0 aliphatic heterocycles. The van der Waals surface area contributed by atoms with E-state index < -0.39 is 5.60 Å². The molecule has 0 spiro atoms. The summed E-state index contributed by atoms with van der Waals surface area (Å²) in [5.41, 5.74) is 0.572. The second kappa shape index (κ2) is 4.82. The molecule has 0 N–H and O–H groups in total. The summed E-state index contributed by atoms with van der Waals surface area (Å²) in [6, 6.07) is 0. The van der Waals surface area contributed by atoms with E-state index >= 15 is 0 Å². The molecule has 88 valence electrons. The Morgan fingerprint density at radius 1 is 1.44 bits per heavy atom. The molecule has 0 saturated heterocycles. The van der Waals surface area contributed by atoms with Crippen molar-refractivity contribution >= 4 is 17.7 Å². The molecular weight excluding hydrogens is 224 g/mol. The highest BCUT2D eigenvalue weighted by Gasteiger charge is 2.20. The fraction of sp³-hybridized carbons (Fsp3) is 0.545. The predicted molar refractivity (Wildman–Crippen MR) is 63.7 cm³/mol. The van der Waals surface area contributed by atoms with E-state index in [2.05, 4.69) is 9.97 Å². The van der Waals surface area contributed by atoms with Crippen LogP contribution in [0.4, 0.5) is 0 Å². The fourth-order valence-electron chi connectivity index (χ4n) is 1.08. The lowest BCUT2D eigenvalue weighted by molar-refractivity contribution is 0.00675. The summed E-state index contributed by atoms with van der Waals surface area (Å²) in [4.78, 5) is 20.0. The smallest absolute Gasteiger partial charge is 0.342 e. The van der Waals surface area contributed by atoms with Gasteiger partial charge in [-0.1, -0.05) is 11.8 Å². The maximum Gasteiger partial charge on any atom is 0.342 e. The minimum atomic E-state index is -0.498. The minimum absolute atomic E-state index is 0.377. The number of esters is 1. The lowest BCUT2D eigenvalue weighted by Gasteiger charge is -2.19. The molecule has 1 aromatic rings. The van der Waals surface area contributed by atoms with E-state index in [1.807, 2.05) is 27.0 Å². The van der Waals surface area contributed by atoms with Gasteiger partial charge in [0.1, 0.15) is 5.60 Å². The summed E-state index contributed by atoms with van der Waals surface area (Å²) in [7, 11) is 0. The molecule has 1 aromatic heterocycles. The first-order chi connectivity index (χ1) is 7.33. The van der Waals surface area contributed by atoms with Crippen molar-refractivity contribution in [2.24, 2.45) is 0 Å². The lowest BCUT2D eigenvalue weighted by atomic mass is 10.2. The molecule has 0 unspecified atom stereocenters. The maximum atomic E-state index is 11.8. The molecule has 4 nitrogen and oxygen atoms in total. The third-order valence-corrected chi connectivity index (χ3v) is 2.32. The zero-order valence-electron chi connectivity index (χ0n) is 10.2. The van der Waals surface area contributed by atoms with Crippen LogP contribution in [0.25, 0.3) is 0 Å². The van der Waals surface area contributed by atoms with Gasteiger partial charge in [0.15, 0.2) is 5.16 Å². The first-order valence-corrected chi connectivity index (χ1v) is 6.17. The van der Waals surface area contributed by atoms with Crippen molar-refractivity contribution in [3.05, 3.63) is 17.5 Å². The summed E-state index contributed by atoms with van der Waals surface area (Å²) in [6.07, 6.45) is 3.41. The van der Waals surface area contributed by atoms with E-state index in [1.54, 1.807) is 6.92 Å². The van der Waals surface area contributed by atoms with Gasteiger partial charge < -0.3 is 4.74 Å². The second-order valence-electron chi connectivity index (χ2n) is 4.36. The quantitative estimate of drug-likeness (QED) is 0.451. The van der Waals surface area contributed by atoms with Crippen LogP contribution >= 0.6 is 11.8 Å². The summed E-state index contributed by atoms with van der Waals surface area (Å²) < 4.78 is 5.25. The molecule has 1 rings (SSSR count). The number of hydrogen-bond acceptors (Lipinski definition) is 5. The SMILES string of the molecule is CSc1ncc(C(=O)OC(C)(C)C)c(C)n1. The minimum Gasteiger partial charge on any atom is -0.456 e.